The van der Waals surface area contributed by atoms with Crippen molar-refractivity contribution in [2.45, 2.75) is 6.42 Å². The minimum absolute atomic E-state index is 0.445. The van der Waals surface area contributed by atoms with Gasteiger partial charge in [0, 0.05) is 11.0 Å². The van der Waals surface area contributed by atoms with Gasteiger partial charge in [0.2, 0.25) is 0 Å². The summed E-state index contributed by atoms with van der Waals surface area (Å²) in [6, 6.07) is 7.77. The number of carbonyl (C=O) groups is 1. The second-order valence-corrected chi connectivity index (χ2v) is 4.61. The predicted octanol–water partition coefficient (Wildman–Crippen LogP) is 2.28. The average Bonchev–Trinajstić information content (AvgIpc) is 2.30. The van der Waals surface area contributed by atoms with Crippen LogP contribution in [0.2, 0.25) is 0 Å². The van der Waals surface area contributed by atoms with E-state index in [0.29, 0.717) is 12.1 Å². The van der Waals surface area contributed by atoms with Crippen molar-refractivity contribution < 1.29 is 9.90 Å². The number of nitrogens with one attached hydrogen (secondary N) is 1. The average molecular weight is 282 g/mol. The van der Waals surface area contributed by atoms with Crippen molar-refractivity contribution >= 4 is 27.5 Å². The van der Waals surface area contributed by atoms with Crippen LogP contribution in [-0.4, -0.2) is 24.2 Å². The van der Waals surface area contributed by atoms with E-state index in [1.54, 1.807) is 0 Å². The van der Waals surface area contributed by atoms with Gasteiger partial charge in [-0.3, -0.25) is 0 Å². The van der Waals surface area contributed by atoms with Gasteiger partial charge in [-0.05, 0) is 36.2 Å². The smallest absolute Gasteiger partial charge is 0.333 e. The summed E-state index contributed by atoms with van der Waals surface area (Å²) < 4.78 is 1.00. The van der Waals surface area contributed by atoms with Crippen LogP contribution in [0.4, 0.5) is 0 Å². The maximum Gasteiger partial charge on any atom is 0.333 e. The van der Waals surface area contributed by atoms with E-state index in [-0.39, 0.29) is 0 Å². The van der Waals surface area contributed by atoms with Gasteiger partial charge in [0.1, 0.15) is 0 Å². The minimum atomic E-state index is -0.829. The van der Waals surface area contributed by atoms with Gasteiger partial charge in [0.15, 0.2) is 0 Å². The topological polar surface area (TPSA) is 49.3 Å². The lowest BCUT2D eigenvalue weighted by Gasteiger charge is -2.19. The highest BCUT2D eigenvalue weighted by Gasteiger charge is 2.18. The highest BCUT2D eigenvalue weighted by molar-refractivity contribution is 9.10. The first-order valence-corrected chi connectivity index (χ1v) is 5.90. The van der Waals surface area contributed by atoms with Gasteiger partial charge >= 0.3 is 5.97 Å². The van der Waals surface area contributed by atoms with Crippen molar-refractivity contribution in [3.63, 3.8) is 0 Å². The summed E-state index contributed by atoms with van der Waals surface area (Å²) in [5.74, 6) is -0.829. The van der Waals surface area contributed by atoms with Crippen LogP contribution in [0.3, 0.4) is 0 Å². The maximum atomic E-state index is 11.1. The van der Waals surface area contributed by atoms with E-state index in [0.717, 1.165) is 28.6 Å². The fourth-order valence-electron chi connectivity index (χ4n) is 1.86. The van der Waals surface area contributed by atoms with E-state index in [4.69, 9.17) is 5.11 Å². The molecular formula is C12H12BrNO2. The third-order valence-corrected chi connectivity index (χ3v) is 3.20. The van der Waals surface area contributed by atoms with Crippen LogP contribution in [0.5, 0.6) is 0 Å². The Morgan fingerprint density at radius 2 is 2.00 bits per heavy atom. The van der Waals surface area contributed by atoms with Gasteiger partial charge in [-0.1, -0.05) is 28.1 Å². The molecule has 1 aromatic rings. The van der Waals surface area contributed by atoms with Crippen LogP contribution in [0, 0.1) is 0 Å². The molecule has 0 amide bonds. The second-order valence-electron chi connectivity index (χ2n) is 3.70. The van der Waals surface area contributed by atoms with Crippen molar-refractivity contribution in [2.75, 3.05) is 13.1 Å². The largest absolute Gasteiger partial charge is 0.478 e. The van der Waals surface area contributed by atoms with E-state index >= 15 is 0 Å². The molecule has 0 aliphatic carbocycles. The fourth-order valence-corrected chi connectivity index (χ4v) is 2.12. The van der Waals surface area contributed by atoms with E-state index in [1.807, 2.05) is 24.3 Å². The Hall–Kier alpha value is -1.13. The van der Waals surface area contributed by atoms with E-state index < -0.39 is 5.97 Å². The molecule has 0 atom stereocenters. The van der Waals surface area contributed by atoms with E-state index in [1.165, 1.54) is 0 Å². The number of rotatable bonds is 2. The number of aliphatic carboxylic acids is 1. The molecule has 1 aliphatic heterocycles. The Balaban J connectivity index is 2.43. The van der Waals surface area contributed by atoms with Crippen LogP contribution >= 0.6 is 15.9 Å². The normalized spacial score (nSPS) is 16.3. The summed E-state index contributed by atoms with van der Waals surface area (Å²) in [4.78, 5) is 11.1. The third kappa shape index (κ3) is 2.33. The van der Waals surface area contributed by atoms with Gasteiger partial charge in [0.25, 0.3) is 0 Å². The zero-order chi connectivity index (χ0) is 11.5. The lowest BCUT2D eigenvalue weighted by molar-refractivity contribution is -0.132. The third-order valence-electron chi connectivity index (χ3n) is 2.67. The number of benzene rings is 1. The molecule has 2 N–H and O–H groups in total. The number of carboxylic acid groups (broad SMARTS) is 1. The molecule has 1 aliphatic rings. The molecule has 2 rings (SSSR count). The molecule has 0 spiro atoms. The van der Waals surface area contributed by atoms with Gasteiger partial charge < -0.3 is 10.4 Å². The summed E-state index contributed by atoms with van der Waals surface area (Å²) in [6.45, 7) is 1.28. The standard InChI is InChI=1S/C12H12BrNO2/c13-9-3-1-8(2-4-9)10-5-6-14-7-11(10)12(15)16/h1-4,14H,5-7H2,(H,15,16). The van der Waals surface area contributed by atoms with Crippen LogP contribution in [0.1, 0.15) is 12.0 Å². The van der Waals surface area contributed by atoms with Crippen LogP contribution in [-0.2, 0) is 4.79 Å². The molecular weight excluding hydrogens is 270 g/mol. The molecule has 0 saturated heterocycles. The number of hydrogen-bond acceptors (Lipinski definition) is 2. The molecule has 0 fully saturated rings. The first-order chi connectivity index (χ1) is 7.68. The predicted molar refractivity (Wildman–Crippen MR) is 66.2 cm³/mol. The summed E-state index contributed by atoms with van der Waals surface area (Å²) in [6.07, 6.45) is 0.767. The van der Waals surface area contributed by atoms with Crippen LogP contribution < -0.4 is 5.32 Å². The van der Waals surface area contributed by atoms with Gasteiger partial charge in [-0.25, -0.2) is 4.79 Å². The Morgan fingerprint density at radius 1 is 1.31 bits per heavy atom. The lowest BCUT2D eigenvalue weighted by Crippen LogP contribution is -2.28. The quantitative estimate of drug-likeness (QED) is 0.875. The summed E-state index contributed by atoms with van der Waals surface area (Å²) in [7, 11) is 0. The van der Waals surface area contributed by atoms with Crippen LogP contribution in [0.15, 0.2) is 34.3 Å². The monoisotopic (exact) mass is 281 g/mol. The molecule has 1 heterocycles. The molecule has 0 saturated carbocycles. The molecule has 16 heavy (non-hydrogen) atoms. The van der Waals surface area contributed by atoms with Crippen LogP contribution in [0.25, 0.3) is 5.57 Å². The van der Waals surface area contributed by atoms with Crippen molar-refractivity contribution in [1.29, 1.82) is 0 Å². The summed E-state index contributed by atoms with van der Waals surface area (Å²) >= 11 is 3.37. The van der Waals surface area contributed by atoms with Crippen molar-refractivity contribution in [3.8, 4) is 0 Å². The fraction of sp³-hybridized carbons (Fsp3) is 0.250. The molecule has 0 bridgehead atoms. The maximum absolute atomic E-state index is 11.1. The van der Waals surface area contributed by atoms with Gasteiger partial charge in [0.05, 0.1) is 5.57 Å². The Morgan fingerprint density at radius 3 is 2.62 bits per heavy atom. The number of hydrogen-bond donors (Lipinski definition) is 2. The molecule has 3 nitrogen and oxygen atoms in total. The Labute approximate surface area is 102 Å². The zero-order valence-electron chi connectivity index (χ0n) is 8.66. The highest BCUT2D eigenvalue weighted by atomic mass is 79.9. The second kappa shape index (κ2) is 4.80. The minimum Gasteiger partial charge on any atom is -0.478 e. The van der Waals surface area contributed by atoms with E-state index in [9.17, 15) is 4.79 Å². The van der Waals surface area contributed by atoms with E-state index in [2.05, 4.69) is 21.2 Å². The number of halogens is 1. The Kier molecular flexibility index (Phi) is 3.41. The first-order valence-electron chi connectivity index (χ1n) is 5.10. The SMILES string of the molecule is O=C(O)C1=C(c2ccc(Br)cc2)CCNC1. The highest BCUT2D eigenvalue weighted by Crippen LogP contribution is 2.25. The number of carboxylic acids is 1. The van der Waals surface area contributed by atoms with Crippen molar-refractivity contribution in [1.82, 2.24) is 5.32 Å². The molecule has 4 heteroatoms. The molecule has 0 unspecified atom stereocenters. The zero-order valence-corrected chi connectivity index (χ0v) is 10.3. The first kappa shape index (κ1) is 11.4. The lowest BCUT2D eigenvalue weighted by atomic mass is 9.94. The molecule has 84 valence electrons. The van der Waals surface area contributed by atoms with Crippen molar-refractivity contribution in [2.24, 2.45) is 0 Å². The van der Waals surface area contributed by atoms with Gasteiger partial charge in [-0.2, -0.15) is 0 Å². The van der Waals surface area contributed by atoms with Gasteiger partial charge in [-0.15, -0.1) is 0 Å². The Bertz CT molecular complexity index is 437. The summed E-state index contributed by atoms with van der Waals surface area (Å²) in [5.41, 5.74) is 2.43. The molecule has 1 aromatic carbocycles. The molecule has 0 radical (unpaired) electrons. The summed E-state index contributed by atoms with van der Waals surface area (Å²) in [5, 5.41) is 12.2. The van der Waals surface area contributed by atoms with Crippen molar-refractivity contribution in [3.05, 3.63) is 39.9 Å². The molecule has 0 aromatic heterocycles.